The molecule has 0 bridgehead atoms. The van der Waals surface area contributed by atoms with Gasteiger partial charge >= 0.3 is 5.97 Å². The molecule has 2 aromatic rings. The predicted molar refractivity (Wildman–Crippen MR) is 94.2 cm³/mol. The fraction of sp³-hybridized carbons (Fsp3) is 0.222. The van der Waals surface area contributed by atoms with Crippen LogP contribution in [0, 0.1) is 0 Å². The zero-order valence-electron chi connectivity index (χ0n) is 13.3. The number of nitrogens with one attached hydrogen (secondary N) is 2. The summed E-state index contributed by atoms with van der Waals surface area (Å²) in [5, 5.41) is 6.50. The van der Waals surface area contributed by atoms with Gasteiger partial charge in [-0.2, -0.15) is 0 Å². The Kier molecular flexibility index (Phi) is 6.78. The van der Waals surface area contributed by atoms with Gasteiger partial charge in [-0.25, -0.2) is 4.79 Å². The summed E-state index contributed by atoms with van der Waals surface area (Å²) in [4.78, 5) is 23.4. The molecular weight excluding hydrogens is 328 g/mol. The van der Waals surface area contributed by atoms with E-state index in [4.69, 9.17) is 16.3 Å². The van der Waals surface area contributed by atoms with E-state index >= 15 is 0 Å². The van der Waals surface area contributed by atoms with E-state index in [1.807, 2.05) is 24.3 Å². The number of halogens is 1. The van der Waals surface area contributed by atoms with Crippen molar-refractivity contribution < 1.29 is 14.3 Å². The fourth-order valence-corrected chi connectivity index (χ4v) is 2.16. The normalized spacial score (nSPS) is 10.2. The first-order chi connectivity index (χ1) is 11.6. The highest BCUT2D eigenvalue weighted by Crippen LogP contribution is 2.11. The van der Waals surface area contributed by atoms with Gasteiger partial charge in [0.25, 0.3) is 0 Å². The lowest BCUT2D eigenvalue weighted by atomic mass is 10.2. The second-order valence-corrected chi connectivity index (χ2v) is 5.51. The van der Waals surface area contributed by atoms with Crippen molar-refractivity contribution in [1.82, 2.24) is 5.32 Å². The summed E-state index contributed by atoms with van der Waals surface area (Å²) < 4.78 is 4.91. The lowest BCUT2D eigenvalue weighted by molar-refractivity contribution is -0.115. The van der Waals surface area contributed by atoms with Crippen LogP contribution in [-0.2, 0) is 16.1 Å². The number of anilines is 1. The first-order valence-electron chi connectivity index (χ1n) is 7.60. The number of hydrogen-bond acceptors (Lipinski definition) is 4. The molecule has 2 aromatic carbocycles. The highest BCUT2D eigenvalue weighted by atomic mass is 35.5. The Bertz CT molecular complexity index is 684. The molecule has 0 aliphatic heterocycles. The van der Waals surface area contributed by atoms with Crippen LogP contribution in [0.4, 0.5) is 5.69 Å². The summed E-state index contributed by atoms with van der Waals surface area (Å²) in [6.45, 7) is 2.84. The number of ether oxygens (including phenoxy) is 1. The van der Waals surface area contributed by atoms with Crippen LogP contribution in [0.1, 0.15) is 22.8 Å². The van der Waals surface area contributed by atoms with E-state index in [0.717, 1.165) is 5.56 Å². The molecule has 0 aromatic heterocycles. The van der Waals surface area contributed by atoms with Crippen LogP contribution in [0.2, 0.25) is 5.02 Å². The Morgan fingerprint density at radius 3 is 2.33 bits per heavy atom. The van der Waals surface area contributed by atoms with Crippen molar-refractivity contribution in [1.29, 1.82) is 0 Å². The van der Waals surface area contributed by atoms with Crippen molar-refractivity contribution in [2.75, 3.05) is 18.5 Å². The lowest BCUT2D eigenvalue weighted by Gasteiger charge is -2.08. The third-order valence-corrected chi connectivity index (χ3v) is 3.46. The molecule has 6 heteroatoms. The zero-order valence-corrected chi connectivity index (χ0v) is 14.1. The van der Waals surface area contributed by atoms with Crippen LogP contribution < -0.4 is 10.6 Å². The van der Waals surface area contributed by atoms with Crippen molar-refractivity contribution in [2.45, 2.75) is 13.5 Å². The van der Waals surface area contributed by atoms with E-state index in [2.05, 4.69) is 10.6 Å². The SMILES string of the molecule is CCOC(=O)c1ccc(NC(=O)CNCc2ccc(Cl)cc2)cc1. The van der Waals surface area contributed by atoms with Crippen molar-refractivity contribution in [3.8, 4) is 0 Å². The average Bonchev–Trinajstić information content (AvgIpc) is 2.57. The molecule has 0 aliphatic carbocycles. The number of amides is 1. The average molecular weight is 347 g/mol. The van der Waals surface area contributed by atoms with E-state index in [1.165, 1.54) is 0 Å². The maximum atomic E-state index is 11.9. The Morgan fingerprint density at radius 1 is 1.04 bits per heavy atom. The Balaban J connectivity index is 1.77. The minimum atomic E-state index is -0.375. The molecule has 0 saturated heterocycles. The van der Waals surface area contributed by atoms with Crippen molar-refractivity contribution in [3.63, 3.8) is 0 Å². The van der Waals surface area contributed by atoms with Crippen molar-refractivity contribution in [3.05, 3.63) is 64.7 Å². The predicted octanol–water partition coefficient (Wildman–Crippen LogP) is 3.25. The van der Waals surface area contributed by atoms with Crippen LogP contribution in [0.15, 0.2) is 48.5 Å². The number of carbonyl (C=O) groups is 2. The minimum Gasteiger partial charge on any atom is -0.462 e. The number of hydrogen-bond donors (Lipinski definition) is 2. The largest absolute Gasteiger partial charge is 0.462 e. The van der Waals surface area contributed by atoms with Gasteiger partial charge in [0, 0.05) is 17.3 Å². The first kappa shape index (κ1) is 18.0. The maximum Gasteiger partial charge on any atom is 0.338 e. The highest BCUT2D eigenvalue weighted by Gasteiger charge is 2.07. The van der Waals surface area contributed by atoms with Crippen molar-refractivity contribution >= 4 is 29.2 Å². The summed E-state index contributed by atoms with van der Waals surface area (Å²) in [5.41, 5.74) is 2.13. The quantitative estimate of drug-likeness (QED) is 0.755. The zero-order chi connectivity index (χ0) is 17.4. The van der Waals surface area contributed by atoms with Gasteiger partial charge in [-0.1, -0.05) is 23.7 Å². The Labute approximate surface area is 146 Å². The molecule has 0 aliphatic rings. The number of esters is 1. The van der Waals surface area contributed by atoms with Gasteiger partial charge in [-0.15, -0.1) is 0 Å². The van der Waals surface area contributed by atoms with Crippen LogP contribution >= 0.6 is 11.6 Å². The van der Waals surface area contributed by atoms with E-state index in [0.29, 0.717) is 29.4 Å². The minimum absolute atomic E-state index is 0.159. The standard InChI is InChI=1S/C18H19ClN2O3/c1-2-24-18(23)14-5-9-16(10-6-14)21-17(22)12-20-11-13-3-7-15(19)8-4-13/h3-10,20H,2,11-12H2,1H3,(H,21,22). The second-order valence-electron chi connectivity index (χ2n) is 5.08. The maximum absolute atomic E-state index is 11.9. The lowest BCUT2D eigenvalue weighted by Crippen LogP contribution is -2.27. The molecule has 5 nitrogen and oxygen atoms in total. The molecule has 126 valence electrons. The number of carbonyl (C=O) groups excluding carboxylic acids is 2. The topological polar surface area (TPSA) is 67.4 Å². The van der Waals surface area contributed by atoms with Gasteiger partial charge in [-0.05, 0) is 48.9 Å². The molecule has 0 spiro atoms. The van der Waals surface area contributed by atoms with E-state index < -0.39 is 0 Å². The molecule has 1 amide bonds. The van der Waals surface area contributed by atoms with Crippen molar-refractivity contribution in [2.24, 2.45) is 0 Å². The van der Waals surface area contributed by atoms with Gasteiger partial charge in [0.05, 0.1) is 18.7 Å². The summed E-state index contributed by atoms with van der Waals surface area (Å²) in [6, 6.07) is 14.0. The summed E-state index contributed by atoms with van der Waals surface area (Å²) in [7, 11) is 0. The van der Waals surface area contributed by atoms with Gasteiger partial charge in [0.15, 0.2) is 0 Å². The third-order valence-electron chi connectivity index (χ3n) is 3.21. The molecule has 2 rings (SSSR count). The first-order valence-corrected chi connectivity index (χ1v) is 7.98. The highest BCUT2D eigenvalue weighted by molar-refractivity contribution is 6.30. The number of benzene rings is 2. The van der Waals surface area contributed by atoms with Crippen LogP contribution in [0.3, 0.4) is 0 Å². The Hall–Kier alpha value is -2.37. The van der Waals surface area contributed by atoms with Crippen LogP contribution in [0.25, 0.3) is 0 Å². The molecule has 0 unspecified atom stereocenters. The van der Waals surface area contributed by atoms with E-state index in [-0.39, 0.29) is 18.4 Å². The van der Waals surface area contributed by atoms with Gasteiger partial charge < -0.3 is 15.4 Å². The molecule has 0 heterocycles. The number of rotatable bonds is 7. The molecule has 0 atom stereocenters. The summed E-state index contributed by atoms with van der Waals surface area (Å²) in [6.07, 6.45) is 0. The molecule has 0 fully saturated rings. The monoisotopic (exact) mass is 346 g/mol. The van der Waals surface area contributed by atoms with E-state index in [1.54, 1.807) is 31.2 Å². The van der Waals surface area contributed by atoms with Gasteiger partial charge in [-0.3, -0.25) is 4.79 Å². The summed E-state index contributed by atoms with van der Waals surface area (Å²) >= 11 is 5.82. The fourth-order valence-electron chi connectivity index (χ4n) is 2.03. The summed E-state index contributed by atoms with van der Waals surface area (Å²) in [5.74, 6) is -0.534. The third kappa shape index (κ3) is 5.68. The molecule has 0 saturated carbocycles. The van der Waals surface area contributed by atoms with Crippen LogP contribution in [0.5, 0.6) is 0 Å². The molecular formula is C18H19ClN2O3. The molecule has 0 radical (unpaired) electrons. The second kappa shape index (κ2) is 9.05. The molecule has 2 N–H and O–H groups in total. The van der Waals surface area contributed by atoms with E-state index in [9.17, 15) is 9.59 Å². The van der Waals surface area contributed by atoms with Gasteiger partial charge in [0.1, 0.15) is 0 Å². The smallest absolute Gasteiger partial charge is 0.338 e. The Morgan fingerprint density at radius 2 is 1.71 bits per heavy atom. The van der Waals surface area contributed by atoms with Gasteiger partial charge in [0.2, 0.25) is 5.91 Å². The molecule has 24 heavy (non-hydrogen) atoms. The van der Waals surface area contributed by atoms with Crippen LogP contribution in [-0.4, -0.2) is 25.0 Å².